The number of aliphatic hydroxyl groups is 1. The lowest BCUT2D eigenvalue weighted by atomic mass is 9.53. The van der Waals surface area contributed by atoms with Crippen LogP contribution in [0.25, 0.3) is 0 Å². The molecule has 4 fully saturated rings. The Kier molecular flexibility index (Phi) is 5.64. The fraction of sp³-hybridized carbons (Fsp3) is 0.607. The number of fused-ring (bicyclic) bond motifs is 2. The number of amides is 1. The number of likely N-dealkylation sites (tertiary alicyclic amines) is 2. The Hall–Kier alpha value is -3.15. The second kappa shape index (κ2) is 8.42. The summed E-state index contributed by atoms with van der Waals surface area (Å²) in [6.07, 6.45) is 2.06. The van der Waals surface area contributed by atoms with E-state index in [2.05, 4.69) is 11.8 Å². The normalized spacial score (nSPS) is 39.1. The van der Waals surface area contributed by atoms with Crippen LogP contribution in [0.15, 0.2) is 6.07 Å². The highest BCUT2D eigenvalue weighted by atomic mass is 16.5. The predicted octanol–water partition coefficient (Wildman–Crippen LogP) is -0.0711. The van der Waals surface area contributed by atoms with Crippen LogP contribution in [0.3, 0.4) is 0 Å². The van der Waals surface area contributed by atoms with Gasteiger partial charge in [-0.05, 0) is 57.3 Å². The summed E-state index contributed by atoms with van der Waals surface area (Å²) in [6, 6.07) is 0.511. The molecule has 11 heteroatoms. The van der Waals surface area contributed by atoms with E-state index in [4.69, 9.17) is 10.5 Å². The molecule has 5 aliphatic rings. The zero-order chi connectivity index (χ0) is 28.2. The van der Waals surface area contributed by atoms with Crippen molar-refractivity contribution in [3.05, 3.63) is 22.8 Å². The van der Waals surface area contributed by atoms with Crippen molar-refractivity contribution in [2.24, 2.45) is 23.5 Å². The van der Waals surface area contributed by atoms with Gasteiger partial charge in [-0.1, -0.05) is 13.8 Å². The largest absolute Gasteiger partial charge is 0.507 e. The smallest absolute Gasteiger partial charge is 0.235 e. The van der Waals surface area contributed by atoms with Gasteiger partial charge in [-0.3, -0.25) is 33.8 Å². The van der Waals surface area contributed by atoms with Crippen LogP contribution in [-0.2, 0) is 25.6 Å². The molecule has 0 bridgehead atoms. The quantitative estimate of drug-likeness (QED) is 0.340. The highest BCUT2D eigenvalue weighted by molar-refractivity contribution is 6.34. The number of ketones is 4. The van der Waals surface area contributed by atoms with E-state index in [1.165, 1.54) is 13.2 Å². The van der Waals surface area contributed by atoms with E-state index in [-0.39, 0.29) is 36.7 Å². The Morgan fingerprint density at radius 3 is 2.51 bits per heavy atom. The summed E-state index contributed by atoms with van der Waals surface area (Å²) >= 11 is 0. The summed E-state index contributed by atoms with van der Waals surface area (Å²) < 4.78 is 5.84. The molecular formula is C28H33N3O8. The Balaban J connectivity index is 1.49. The molecule has 11 nitrogen and oxygen atoms in total. The van der Waals surface area contributed by atoms with Gasteiger partial charge in [0.25, 0.3) is 0 Å². The first-order valence-electron chi connectivity index (χ1n) is 13.6. The molecule has 0 radical (unpaired) electrons. The second-order valence-electron chi connectivity index (χ2n) is 11.5. The summed E-state index contributed by atoms with van der Waals surface area (Å²) in [7, 11) is 1.51. The first-order chi connectivity index (χ1) is 18.5. The van der Waals surface area contributed by atoms with E-state index in [0.717, 1.165) is 31.5 Å². The molecule has 208 valence electrons. The Labute approximate surface area is 225 Å². The summed E-state index contributed by atoms with van der Waals surface area (Å²) in [6.45, 7) is 5.76. The highest BCUT2D eigenvalue weighted by Gasteiger charge is 2.86. The van der Waals surface area contributed by atoms with E-state index < -0.39 is 64.0 Å². The lowest BCUT2D eigenvalue weighted by molar-refractivity contribution is -0.171. The number of aromatic hydroxyl groups is 1. The van der Waals surface area contributed by atoms with Crippen molar-refractivity contribution in [2.75, 3.05) is 26.7 Å². The van der Waals surface area contributed by atoms with Gasteiger partial charge >= 0.3 is 0 Å². The van der Waals surface area contributed by atoms with Gasteiger partial charge in [-0.25, -0.2) is 0 Å². The maximum atomic E-state index is 14.0. The van der Waals surface area contributed by atoms with Gasteiger partial charge in [0.2, 0.25) is 11.5 Å². The van der Waals surface area contributed by atoms with Gasteiger partial charge in [-0.15, -0.1) is 0 Å². The Bertz CT molecular complexity index is 1360. The van der Waals surface area contributed by atoms with Crippen molar-refractivity contribution >= 4 is 29.0 Å². The van der Waals surface area contributed by atoms with Crippen LogP contribution in [0.1, 0.15) is 60.6 Å². The summed E-state index contributed by atoms with van der Waals surface area (Å²) in [5, 5.41) is 23.0. The molecule has 2 saturated carbocycles. The first kappa shape index (κ1) is 26.1. The number of phenols is 1. The minimum absolute atomic E-state index is 0.00775. The third-order valence-electron chi connectivity index (χ3n) is 10.0. The number of nitrogens with two attached hydrogens (primary N) is 1. The molecule has 3 aliphatic carbocycles. The number of carbonyl (C=O) groups excluding carboxylic acids is 5. The minimum Gasteiger partial charge on any atom is -0.507 e. The maximum Gasteiger partial charge on any atom is 0.235 e. The Morgan fingerprint density at radius 1 is 1.18 bits per heavy atom. The summed E-state index contributed by atoms with van der Waals surface area (Å²) in [5.74, 6) is -8.73. The molecule has 6 rings (SSSR count). The van der Waals surface area contributed by atoms with Gasteiger partial charge < -0.3 is 20.7 Å². The number of carbonyl (C=O) groups is 5. The fourth-order valence-corrected chi connectivity index (χ4v) is 8.48. The van der Waals surface area contributed by atoms with E-state index in [1.54, 1.807) is 11.8 Å². The van der Waals surface area contributed by atoms with Crippen molar-refractivity contribution in [1.29, 1.82) is 0 Å². The molecule has 1 spiro atoms. The Morgan fingerprint density at radius 2 is 1.90 bits per heavy atom. The first-order valence-corrected chi connectivity index (χ1v) is 13.6. The van der Waals surface area contributed by atoms with Crippen LogP contribution in [0.2, 0.25) is 0 Å². The van der Waals surface area contributed by atoms with Crippen LogP contribution < -0.4 is 10.5 Å². The van der Waals surface area contributed by atoms with Gasteiger partial charge in [-0.2, -0.15) is 0 Å². The van der Waals surface area contributed by atoms with Crippen LogP contribution in [-0.4, -0.2) is 93.0 Å². The zero-order valence-corrected chi connectivity index (χ0v) is 22.2. The average Bonchev–Trinajstić information content (AvgIpc) is 3.29. The summed E-state index contributed by atoms with van der Waals surface area (Å²) in [5.41, 5.74) is 2.33. The lowest BCUT2D eigenvalue weighted by Crippen LogP contribution is -2.73. The lowest BCUT2D eigenvalue weighted by Gasteiger charge is -2.48. The predicted molar refractivity (Wildman–Crippen MR) is 135 cm³/mol. The van der Waals surface area contributed by atoms with Crippen LogP contribution in [0.4, 0.5) is 0 Å². The number of rotatable bonds is 5. The molecule has 4 N–H and O–H groups in total. The third-order valence-corrected chi connectivity index (χ3v) is 10.0. The number of hydrogen-bond acceptors (Lipinski definition) is 10. The molecular weight excluding hydrogens is 506 g/mol. The molecule has 8 atom stereocenters. The summed E-state index contributed by atoms with van der Waals surface area (Å²) in [4.78, 5) is 70.6. The number of nitrogens with zero attached hydrogens (tertiary/aromatic N) is 2. The van der Waals surface area contributed by atoms with Crippen molar-refractivity contribution in [3.63, 3.8) is 0 Å². The van der Waals surface area contributed by atoms with Gasteiger partial charge in [0.05, 0.1) is 30.2 Å². The van der Waals surface area contributed by atoms with E-state index in [0.29, 0.717) is 11.3 Å². The van der Waals surface area contributed by atoms with Crippen LogP contribution in [0.5, 0.6) is 11.5 Å². The standard InChI is InChI=1S/C28H33N3O8/c1-4-30-8-6-7-15(30)13-10-16(32)18-14(22(13)39-3)9-12-11-27-23(31(27)5-2)21(34)19(26(29)37)25(36)28(27,38)24(35)17(12)20(18)33/h10,12,15,17,19,23,32,38H,4-9,11H2,1-3H3,(H2,29,37). The molecule has 1 aromatic rings. The van der Waals surface area contributed by atoms with Gasteiger partial charge in [0.15, 0.2) is 29.1 Å². The molecule has 8 unspecified atom stereocenters. The number of Topliss-reactive ketones (excluding diaryl/α,β-unsaturated/α-hetero) is 4. The number of ether oxygens (including phenoxy) is 1. The number of phenolic OH excluding ortho intramolecular Hbond substituents is 1. The van der Waals surface area contributed by atoms with Crippen molar-refractivity contribution in [2.45, 2.75) is 62.8 Å². The maximum absolute atomic E-state index is 14.0. The molecule has 1 amide bonds. The number of methoxy groups -OCH3 is 1. The molecule has 39 heavy (non-hydrogen) atoms. The monoisotopic (exact) mass is 539 g/mol. The number of likely N-dealkylation sites (N-methyl/N-ethyl adjacent to an activating group) is 1. The molecule has 2 heterocycles. The molecule has 0 aromatic heterocycles. The van der Waals surface area contributed by atoms with Crippen LogP contribution in [0, 0.1) is 17.8 Å². The molecule has 2 saturated heterocycles. The SMILES string of the molecule is CCN1CCCC1c1cc(O)c2c(c1OC)CC1CC34C(C(=O)C(C(N)=O)C(=O)C3(O)C(=O)C1C2=O)N4CC. The minimum atomic E-state index is -2.74. The van der Waals surface area contributed by atoms with Crippen molar-refractivity contribution in [3.8, 4) is 11.5 Å². The second-order valence-corrected chi connectivity index (χ2v) is 11.5. The molecule has 1 aromatic carbocycles. The van der Waals surface area contributed by atoms with E-state index in [9.17, 15) is 34.2 Å². The van der Waals surface area contributed by atoms with Crippen molar-refractivity contribution in [1.82, 2.24) is 9.80 Å². The fourth-order valence-electron chi connectivity index (χ4n) is 8.48. The van der Waals surface area contributed by atoms with Gasteiger partial charge in [0, 0.05) is 17.2 Å². The topological polar surface area (TPSA) is 167 Å². The number of hydrogen-bond donors (Lipinski definition) is 3. The van der Waals surface area contributed by atoms with E-state index in [1.807, 2.05) is 0 Å². The highest BCUT2D eigenvalue weighted by Crippen LogP contribution is 2.63. The van der Waals surface area contributed by atoms with E-state index >= 15 is 0 Å². The number of benzene rings is 1. The number of primary amides is 1. The zero-order valence-electron chi connectivity index (χ0n) is 22.2. The average molecular weight is 540 g/mol. The van der Waals surface area contributed by atoms with Gasteiger partial charge in [0.1, 0.15) is 11.5 Å². The molecule has 2 aliphatic heterocycles. The van der Waals surface area contributed by atoms with Crippen LogP contribution >= 0.6 is 0 Å². The third kappa shape index (κ3) is 2.95. The van der Waals surface area contributed by atoms with Crippen molar-refractivity contribution < 1.29 is 38.9 Å².